The third-order valence-corrected chi connectivity index (χ3v) is 3.42. The average molecular weight is 292 g/mol. The van der Waals surface area contributed by atoms with Gasteiger partial charge in [-0.05, 0) is 45.4 Å². The number of hydrogen-bond acceptors (Lipinski definition) is 4. The zero-order chi connectivity index (χ0) is 15.1. The van der Waals surface area contributed by atoms with Crippen molar-refractivity contribution in [1.29, 1.82) is 0 Å². The lowest BCUT2D eigenvalue weighted by Gasteiger charge is -2.14. The molecule has 1 saturated heterocycles. The summed E-state index contributed by atoms with van der Waals surface area (Å²) in [6.07, 6.45) is 2.73. The molecule has 0 bridgehead atoms. The molecule has 2 N–H and O–H groups in total. The van der Waals surface area contributed by atoms with Gasteiger partial charge in [0, 0.05) is 24.2 Å². The van der Waals surface area contributed by atoms with E-state index in [1.54, 1.807) is 0 Å². The van der Waals surface area contributed by atoms with E-state index in [9.17, 15) is 4.79 Å². The molecular weight excluding hydrogens is 268 g/mol. The maximum Gasteiger partial charge on any atom is 0.225 e. The van der Waals surface area contributed by atoms with Gasteiger partial charge in [-0.2, -0.15) is 0 Å². The maximum absolute atomic E-state index is 12.0. The molecule has 1 aliphatic rings. The summed E-state index contributed by atoms with van der Waals surface area (Å²) in [4.78, 5) is 12.0. The lowest BCUT2D eigenvalue weighted by atomic mass is 10.1. The number of nitrogens with one attached hydrogen (secondary N) is 2. The quantitative estimate of drug-likeness (QED) is 0.811. The van der Waals surface area contributed by atoms with Gasteiger partial charge in [-0.15, -0.1) is 0 Å². The molecule has 1 heterocycles. The zero-order valence-electron chi connectivity index (χ0n) is 12.8. The normalized spacial score (nSPS) is 17.5. The molecule has 21 heavy (non-hydrogen) atoms. The highest BCUT2D eigenvalue weighted by Crippen LogP contribution is 2.30. The Kier molecular flexibility index (Phi) is 5.87. The lowest BCUT2D eigenvalue weighted by Crippen LogP contribution is -2.27. The fourth-order valence-electron chi connectivity index (χ4n) is 2.50. The van der Waals surface area contributed by atoms with Crippen LogP contribution in [0.4, 0.5) is 5.69 Å². The Labute approximate surface area is 126 Å². The Hall–Kier alpha value is -1.75. The summed E-state index contributed by atoms with van der Waals surface area (Å²) < 4.78 is 11.1. The van der Waals surface area contributed by atoms with E-state index in [2.05, 4.69) is 10.6 Å². The number of hydrogen-bond donors (Lipinski definition) is 2. The highest BCUT2D eigenvalue weighted by molar-refractivity contribution is 5.91. The molecular formula is C16H24N2O3. The van der Waals surface area contributed by atoms with Crippen LogP contribution < -0.4 is 20.1 Å². The topological polar surface area (TPSA) is 59.6 Å². The standard InChI is InChI=1S/C16H24N2O3/c1-3-20-14-8-7-13(10-15(14)21-4-2)18-16(19)11-12-6-5-9-17-12/h7-8,10,12,17H,3-6,9,11H2,1-2H3,(H,18,19). The summed E-state index contributed by atoms with van der Waals surface area (Å²) in [6, 6.07) is 5.79. The Bertz CT molecular complexity index is 471. The smallest absolute Gasteiger partial charge is 0.225 e. The predicted molar refractivity (Wildman–Crippen MR) is 83.1 cm³/mol. The van der Waals surface area contributed by atoms with Crippen LogP contribution >= 0.6 is 0 Å². The van der Waals surface area contributed by atoms with Crippen molar-refractivity contribution in [3.8, 4) is 11.5 Å². The first-order chi connectivity index (χ1) is 10.2. The first-order valence-corrected chi connectivity index (χ1v) is 7.65. The molecule has 0 saturated carbocycles. The molecule has 1 atom stereocenters. The summed E-state index contributed by atoms with van der Waals surface area (Å²) in [6.45, 7) is 6.00. The van der Waals surface area contributed by atoms with E-state index in [0.29, 0.717) is 37.2 Å². The number of anilines is 1. The Balaban J connectivity index is 1.98. The average Bonchev–Trinajstić information content (AvgIpc) is 2.95. The van der Waals surface area contributed by atoms with Crippen molar-refractivity contribution in [2.45, 2.75) is 39.2 Å². The minimum absolute atomic E-state index is 0.0287. The van der Waals surface area contributed by atoms with Gasteiger partial charge in [0.1, 0.15) is 0 Å². The Morgan fingerprint density at radius 3 is 2.71 bits per heavy atom. The van der Waals surface area contributed by atoms with Crippen LogP contribution in [0.3, 0.4) is 0 Å². The molecule has 1 aromatic carbocycles. The first kappa shape index (κ1) is 15.6. The van der Waals surface area contributed by atoms with Crippen molar-refractivity contribution in [1.82, 2.24) is 5.32 Å². The molecule has 1 fully saturated rings. The van der Waals surface area contributed by atoms with Gasteiger partial charge < -0.3 is 20.1 Å². The van der Waals surface area contributed by atoms with Crippen molar-refractivity contribution < 1.29 is 14.3 Å². The molecule has 5 heteroatoms. The fourth-order valence-corrected chi connectivity index (χ4v) is 2.50. The van der Waals surface area contributed by atoms with Crippen molar-refractivity contribution in [3.63, 3.8) is 0 Å². The van der Waals surface area contributed by atoms with Crippen LogP contribution in [0.5, 0.6) is 11.5 Å². The second-order valence-corrected chi connectivity index (χ2v) is 5.07. The summed E-state index contributed by atoms with van der Waals surface area (Å²) in [5.41, 5.74) is 0.741. The van der Waals surface area contributed by atoms with Gasteiger partial charge in [-0.1, -0.05) is 0 Å². The molecule has 1 amide bonds. The largest absolute Gasteiger partial charge is 0.490 e. The Morgan fingerprint density at radius 1 is 1.29 bits per heavy atom. The summed E-state index contributed by atoms with van der Waals surface area (Å²) in [5.74, 6) is 1.40. The first-order valence-electron chi connectivity index (χ1n) is 7.65. The van der Waals surface area contributed by atoms with Crippen LogP contribution in [-0.2, 0) is 4.79 Å². The van der Waals surface area contributed by atoms with Gasteiger partial charge in [0.2, 0.25) is 5.91 Å². The summed E-state index contributed by atoms with van der Waals surface area (Å²) in [5, 5.41) is 6.25. The molecule has 5 nitrogen and oxygen atoms in total. The third-order valence-electron chi connectivity index (χ3n) is 3.42. The second-order valence-electron chi connectivity index (χ2n) is 5.07. The van der Waals surface area contributed by atoms with Crippen LogP contribution in [0.2, 0.25) is 0 Å². The van der Waals surface area contributed by atoms with Crippen molar-refractivity contribution in [3.05, 3.63) is 18.2 Å². The van der Waals surface area contributed by atoms with E-state index in [1.807, 2.05) is 32.0 Å². The number of carbonyl (C=O) groups excluding carboxylic acids is 1. The van der Waals surface area contributed by atoms with E-state index in [0.717, 1.165) is 25.1 Å². The summed E-state index contributed by atoms with van der Waals surface area (Å²) in [7, 11) is 0. The van der Waals surface area contributed by atoms with E-state index in [1.165, 1.54) is 0 Å². The van der Waals surface area contributed by atoms with E-state index < -0.39 is 0 Å². The number of amides is 1. The van der Waals surface area contributed by atoms with E-state index in [-0.39, 0.29) is 5.91 Å². The van der Waals surface area contributed by atoms with Crippen LogP contribution in [0.25, 0.3) is 0 Å². The minimum Gasteiger partial charge on any atom is -0.490 e. The number of carbonyl (C=O) groups is 1. The van der Waals surface area contributed by atoms with Crippen LogP contribution in [-0.4, -0.2) is 31.7 Å². The van der Waals surface area contributed by atoms with Gasteiger partial charge >= 0.3 is 0 Å². The van der Waals surface area contributed by atoms with Gasteiger partial charge in [0.15, 0.2) is 11.5 Å². The molecule has 0 spiro atoms. The molecule has 1 aromatic rings. The molecule has 2 rings (SSSR count). The van der Waals surface area contributed by atoms with Gasteiger partial charge in [-0.3, -0.25) is 4.79 Å². The molecule has 1 unspecified atom stereocenters. The lowest BCUT2D eigenvalue weighted by molar-refractivity contribution is -0.116. The number of ether oxygens (including phenoxy) is 2. The zero-order valence-corrected chi connectivity index (χ0v) is 12.8. The number of rotatable bonds is 7. The van der Waals surface area contributed by atoms with Crippen LogP contribution in [0.1, 0.15) is 33.1 Å². The summed E-state index contributed by atoms with van der Waals surface area (Å²) >= 11 is 0. The van der Waals surface area contributed by atoms with Crippen LogP contribution in [0, 0.1) is 0 Å². The molecule has 116 valence electrons. The maximum atomic E-state index is 12.0. The second kappa shape index (κ2) is 7.88. The highest BCUT2D eigenvalue weighted by Gasteiger charge is 2.18. The SMILES string of the molecule is CCOc1ccc(NC(=O)CC2CCCN2)cc1OCC. The van der Waals surface area contributed by atoms with E-state index in [4.69, 9.17) is 9.47 Å². The molecule has 1 aliphatic heterocycles. The van der Waals surface area contributed by atoms with Crippen molar-refractivity contribution in [2.24, 2.45) is 0 Å². The molecule has 0 aromatic heterocycles. The van der Waals surface area contributed by atoms with Crippen molar-refractivity contribution in [2.75, 3.05) is 25.1 Å². The highest BCUT2D eigenvalue weighted by atomic mass is 16.5. The molecule has 0 aliphatic carbocycles. The molecule has 0 radical (unpaired) electrons. The van der Waals surface area contributed by atoms with Crippen LogP contribution in [0.15, 0.2) is 18.2 Å². The minimum atomic E-state index is 0.0287. The monoisotopic (exact) mass is 292 g/mol. The van der Waals surface area contributed by atoms with Gasteiger partial charge in [0.05, 0.1) is 13.2 Å². The Morgan fingerprint density at radius 2 is 2.05 bits per heavy atom. The number of benzene rings is 1. The van der Waals surface area contributed by atoms with Crippen molar-refractivity contribution >= 4 is 11.6 Å². The third kappa shape index (κ3) is 4.63. The van der Waals surface area contributed by atoms with E-state index >= 15 is 0 Å². The fraction of sp³-hybridized carbons (Fsp3) is 0.562. The van der Waals surface area contributed by atoms with Gasteiger partial charge in [0.25, 0.3) is 0 Å². The van der Waals surface area contributed by atoms with Gasteiger partial charge in [-0.25, -0.2) is 0 Å². The predicted octanol–water partition coefficient (Wildman–Crippen LogP) is 2.56.